The van der Waals surface area contributed by atoms with Crippen molar-refractivity contribution in [1.29, 1.82) is 0 Å². The smallest absolute Gasteiger partial charge is 0.335 e. The van der Waals surface area contributed by atoms with Crippen LogP contribution >= 0.6 is 0 Å². The summed E-state index contributed by atoms with van der Waals surface area (Å²) in [6.07, 6.45) is 0. The fourth-order valence-corrected chi connectivity index (χ4v) is 2.39. The summed E-state index contributed by atoms with van der Waals surface area (Å²) in [4.78, 5) is 11.1. The number of hydrogen-bond acceptors (Lipinski definition) is 3. The van der Waals surface area contributed by atoms with E-state index in [-0.39, 0.29) is 5.56 Å². The van der Waals surface area contributed by atoms with Crippen LogP contribution in [0.15, 0.2) is 59.1 Å². The number of carboxylic acid groups (broad SMARTS) is 1. The van der Waals surface area contributed by atoms with E-state index in [2.05, 4.69) is 31.1 Å². The SMILES string of the molecule is CC(C)c1ccc(-c2cc(-c3cccc(C(=O)O)c3)no2)cc1. The average Bonchev–Trinajstić information content (AvgIpc) is 3.05. The third-order valence-electron chi connectivity index (χ3n) is 3.78. The van der Waals surface area contributed by atoms with Crippen molar-refractivity contribution >= 4 is 5.97 Å². The number of hydrogen-bond donors (Lipinski definition) is 1. The molecule has 0 saturated heterocycles. The van der Waals surface area contributed by atoms with Crippen LogP contribution in [0.4, 0.5) is 0 Å². The van der Waals surface area contributed by atoms with Crippen LogP contribution in [0, 0.1) is 0 Å². The molecule has 3 rings (SSSR count). The van der Waals surface area contributed by atoms with Crippen LogP contribution in [0.25, 0.3) is 22.6 Å². The maximum absolute atomic E-state index is 11.1. The van der Waals surface area contributed by atoms with Crippen LogP contribution in [0.3, 0.4) is 0 Å². The Labute approximate surface area is 134 Å². The van der Waals surface area contributed by atoms with Gasteiger partial charge in [-0.15, -0.1) is 0 Å². The van der Waals surface area contributed by atoms with Crippen molar-refractivity contribution < 1.29 is 14.4 Å². The quantitative estimate of drug-likeness (QED) is 0.749. The Balaban J connectivity index is 1.91. The van der Waals surface area contributed by atoms with E-state index in [0.29, 0.717) is 17.4 Å². The van der Waals surface area contributed by atoms with E-state index in [1.807, 2.05) is 24.3 Å². The molecule has 4 nitrogen and oxygen atoms in total. The zero-order valence-corrected chi connectivity index (χ0v) is 13.0. The predicted octanol–water partition coefficient (Wildman–Crippen LogP) is 4.83. The minimum Gasteiger partial charge on any atom is -0.478 e. The van der Waals surface area contributed by atoms with Gasteiger partial charge < -0.3 is 9.63 Å². The van der Waals surface area contributed by atoms with Gasteiger partial charge in [0.2, 0.25) is 0 Å². The van der Waals surface area contributed by atoms with Gasteiger partial charge in [0.25, 0.3) is 0 Å². The molecule has 1 aromatic heterocycles. The van der Waals surface area contributed by atoms with E-state index in [4.69, 9.17) is 9.63 Å². The van der Waals surface area contributed by atoms with Crippen molar-refractivity contribution in [3.05, 3.63) is 65.7 Å². The molecule has 0 aliphatic rings. The second kappa shape index (κ2) is 6.08. The molecule has 0 atom stereocenters. The zero-order chi connectivity index (χ0) is 16.4. The molecule has 3 aromatic rings. The van der Waals surface area contributed by atoms with Gasteiger partial charge in [0, 0.05) is 17.2 Å². The van der Waals surface area contributed by atoms with Crippen molar-refractivity contribution in [2.45, 2.75) is 19.8 Å². The minimum atomic E-state index is -0.958. The molecule has 0 spiro atoms. The first-order valence-electron chi connectivity index (χ1n) is 7.45. The van der Waals surface area contributed by atoms with E-state index >= 15 is 0 Å². The molecule has 1 N–H and O–H groups in total. The number of rotatable bonds is 4. The molecule has 0 unspecified atom stereocenters. The molecule has 0 fully saturated rings. The first-order chi connectivity index (χ1) is 11.0. The molecule has 116 valence electrons. The Bertz CT molecular complexity index is 832. The molecule has 0 saturated carbocycles. The highest BCUT2D eigenvalue weighted by Gasteiger charge is 2.11. The van der Waals surface area contributed by atoms with Gasteiger partial charge in [-0.05, 0) is 23.6 Å². The van der Waals surface area contributed by atoms with Gasteiger partial charge in [-0.25, -0.2) is 4.79 Å². The van der Waals surface area contributed by atoms with Crippen molar-refractivity contribution in [3.8, 4) is 22.6 Å². The highest BCUT2D eigenvalue weighted by molar-refractivity contribution is 5.89. The van der Waals surface area contributed by atoms with E-state index in [1.165, 1.54) is 5.56 Å². The molecule has 0 aliphatic carbocycles. The van der Waals surface area contributed by atoms with Crippen molar-refractivity contribution in [1.82, 2.24) is 5.16 Å². The van der Waals surface area contributed by atoms with Gasteiger partial charge in [0.05, 0.1) is 5.56 Å². The molecule has 2 aromatic carbocycles. The third-order valence-corrected chi connectivity index (χ3v) is 3.78. The maximum atomic E-state index is 11.1. The molecule has 4 heteroatoms. The Hall–Kier alpha value is -2.88. The van der Waals surface area contributed by atoms with Crippen molar-refractivity contribution in [2.24, 2.45) is 0 Å². The summed E-state index contributed by atoms with van der Waals surface area (Å²) in [5, 5.41) is 13.1. The second-order valence-electron chi connectivity index (χ2n) is 5.74. The number of carboxylic acids is 1. The number of carbonyl (C=O) groups is 1. The Morgan fingerprint density at radius 1 is 1.04 bits per heavy atom. The minimum absolute atomic E-state index is 0.230. The van der Waals surface area contributed by atoms with Crippen LogP contribution in [0.5, 0.6) is 0 Å². The number of benzene rings is 2. The summed E-state index contributed by atoms with van der Waals surface area (Å²) in [6, 6.07) is 16.6. The predicted molar refractivity (Wildman–Crippen MR) is 88.4 cm³/mol. The van der Waals surface area contributed by atoms with Gasteiger partial charge in [-0.3, -0.25) is 0 Å². The maximum Gasteiger partial charge on any atom is 0.335 e. The summed E-state index contributed by atoms with van der Waals surface area (Å²) in [5.41, 5.74) is 3.79. The van der Waals surface area contributed by atoms with Crippen LogP contribution in [0.1, 0.15) is 35.7 Å². The lowest BCUT2D eigenvalue weighted by molar-refractivity contribution is 0.0697. The summed E-state index contributed by atoms with van der Waals surface area (Å²) >= 11 is 0. The summed E-state index contributed by atoms with van der Waals surface area (Å²) < 4.78 is 5.41. The third kappa shape index (κ3) is 3.16. The van der Waals surface area contributed by atoms with Crippen molar-refractivity contribution in [2.75, 3.05) is 0 Å². The topological polar surface area (TPSA) is 63.3 Å². The van der Waals surface area contributed by atoms with E-state index < -0.39 is 5.97 Å². The van der Waals surface area contributed by atoms with Crippen LogP contribution in [-0.4, -0.2) is 16.2 Å². The summed E-state index contributed by atoms with van der Waals surface area (Å²) in [6.45, 7) is 4.30. The fourth-order valence-electron chi connectivity index (χ4n) is 2.39. The van der Waals surface area contributed by atoms with E-state index in [0.717, 1.165) is 11.1 Å². The highest BCUT2D eigenvalue weighted by atomic mass is 16.5. The second-order valence-corrected chi connectivity index (χ2v) is 5.74. The molecule has 0 aliphatic heterocycles. The summed E-state index contributed by atoms with van der Waals surface area (Å²) in [5.74, 6) is 0.184. The molecular formula is C19H17NO3. The van der Waals surface area contributed by atoms with Crippen molar-refractivity contribution in [3.63, 3.8) is 0 Å². The zero-order valence-electron chi connectivity index (χ0n) is 13.0. The van der Waals surface area contributed by atoms with E-state index in [1.54, 1.807) is 18.2 Å². The standard InChI is InChI=1S/C19H17NO3/c1-12(2)13-6-8-14(9-7-13)18-11-17(20-23-18)15-4-3-5-16(10-15)19(21)22/h3-12H,1-2H3,(H,21,22). The van der Waals surface area contributed by atoms with Gasteiger partial charge >= 0.3 is 5.97 Å². The first-order valence-corrected chi connectivity index (χ1v) is 7.45. The molecular weight excluding hydrogens is 290 g/mol. The number of aromatic carboxylic acids is 1. The first kappa shape index (κ1) is 15.0. The normalized spacial score (nSPS) is 10.9. The molecule has 0 amide bonds. The monoisotopic (exact) mass is 307 g/mol. The number of nitrogens with zero attached hydrogens (tertiary/aromatic N) is 1. The lowest BCUT2D eigenvalue weighted by Gasteiger charge is -2.04. The molecule has 0 bridgehead atoms. The molecule has 1 heterocycles. The Morgan fingerprint density at radius 3 is 2.43 bits per heavy atom. The van der Waals surface area contributed by atoms with Crippen LogP contribution in [-0.2, 0) is 0 Å². The van der Waals surface area contributed by atoms with Gasteiger partial charge in [-0.1, -0.05) is 55.4 Å². The largest absolute Gasteiger partial charge is 0.478 e. The van der Waals surface area contributed by atoms with Crippen LogP contribution < -0.4 is 0 Å². The van der Waals surface area contributed by atoms with Gasteiger partial charge in [0.1, 0.15) is 5.69 Å². The average molecular weight is 307 g/mol. The van der Waals surface area contributed by atoms with E-state index in [9.17, 15) is 4.79 Å². The molecule has 23 heavy (non-hydrogen) atoms. The Morgan fingerprint density at radius 2 is 1.78 bits per heavy atom. The highest BCUT2D eigenvalue weighted by Crippen LogP contribution is 2.27. The Kier molecular flexibility index (Phi) is 3.98. The fraction of sp³-hybridized carbons (Fsp3) is 0.158. The van der Waals surface area contributed by atoms with Gasteiger partial charge in [0.15, 0.2) is 5.76 Å². The summed E-state index contributed by atoms with van der Waals surface area (Å²) in [7, 11) is 0. The molecule has 0 radical (unpaired) electrons. The lowest BCUT2D eigenvalue weighted by Crippen LogP contribution is -1.95. The van der Waals surface area contributed by atoms with Crippen LogP contribution in [0.2, 0.25) is 0 Å². The van der Waals surface area contributed by atoms with Gasteiger partial charge in [-0.2, -0.15) is 0 Å². The number of aromatic nitrogens is 1. The lowest BCUT2D eigenvalue weighted by atomic mass is 10.0.